The molecule has 0 fully saturated rings. The Morgan fingerprint density at radius 3 is 3.00 bits per heavy atom. The molecule has 2 rings (SSSR count). The van der Waals surface area contributed by atoms with Gasteiger partial charge in [0.2, 0.25) is 0 Å². The number of fused-ring (bicyclic) bond motifs is 1. The van der Waals surface area contributed by atoms with Crippen molar-refractivity contribution in [3.8, 4) is 12.3 Å². The lowest BCUT2D eigenvalue weighted by Gasteiger charge is -1.95. The fourth-order valence-electron chi connectivity index (χ4n) is 1.27. The van der Waals surface area contributed by atoms with E-state index < -0.39 is 0 Å². The molecule has 0 aliphatic heterocycles. The van der Waals surface area contributed by atoms with Crippen LogP contribution in [0.1, 0.15) is 11.4 Å². The highest BCUT2D eigenvalue weighted by atomic mass is 35.5. The largest absolute Gasteiger partial charge is 0.302 e. The summed E-state index contributed by atoms with van der Waals surface area (Å²) in [6.45, 7) is 1.92. The van der Waals surface area contributed by atoms with Gasteiger partial charge in [0.05, 0.1) is 10.7 Å². The standard InChI is InChI=1S/C10H7ClN2/c1-3-9-7(2)13-6-8(11)4-5-10(13)12-9/h1,4-6H,2H3. The molecule has 0 spiro atoms. The van der Waals surface area contributed by atoms with Crippen molar-refractivity contribution in [1.82, 2.24) is 9.38 Å². The van der Waals surface area contributed by atoms with Crippen LogP contribution in [0.5, 0.6) is 0 Å². The zero-order chi connectivity index (χ0) is 9.42. The summed E-state index contributed by atoms with van der Waals surface area (Å²) in [6, 6.07) is 3.64. The Labute approximate surface area is 81.2 Å². The monoisotopic (exact) mass is 190 g/mol. The molecule has 0 amide bonds. The van der Waals surface area contributed by atoms with Crippen molar-refractivity contribution in [3.05, 3.63) is 34.7 Å². The van der Waals surface area contributed by atoms with Gasteiger partial charge in [-0.2, -0.15) is 0 Å². The fourth-order valence-corrected chi connectivity index (χ4v) is 1.43. The lowest BCUT2D eigenvalue weighted by atomic mass is 10.3. The van der Waals surface area contributed by atoms with Gasteiger partial charge in [-0.3, -0.25) is 0 Å². The van der Waals surface area contributed by atoms with Gasteiger partial charge in [-0.15, -0.1) is 6.42 Å². The van der Waals surface area contributed by atoms with Gasteiger partial charge >= 0.3 is 0 Å². The molecule has 0 aromatic carbocycles. The van der Waals surface area contributed by atoms with Crippen molar-refractivity contribution in [2.75, 3.05) is 0 Å². The number of hydrogen-bond acceptors (Lipinski definition) is 1. The topological polar surface area (TPSA) is 17.3 Å². The molecule has 0 aliphatic rings. The number of pyridine rings is 1. The lowest BCUT2D eigenvalue weighted by molar-refractivity contribution is 1.11. The second-order valence-electron chi connectivity index (χ2n) is 2.77. The number of halogens is 1. The average Bonchev–Trinajstić information content (AvgIpc) is 2.44. The van der Waals surface area contributed by atoms with Crippen LogP contribution in [-0.2, 0) is 0 Å². The minimum Gasteiger partial charge on any atom is -0.302 e. The Morgan fingerprint density at radius 2 is 2.31 bits per heavy atom. The first-order valence-corrected chi connectivity index (χ1v) is 4.21. The molecule has 2 aromatic heterocycles. The summed E-state index contributed by atoms with van der Waals surface area (Å²) >= 11 is 5.84. The van der Waals surface area contributed by atoms with E-state index in [9.17, 15) is 0 Å². The van der Waals surface area contributed by atoms with Crippen LogP contribution >= 0.6 is 11.6 Å². The summed E-state index contributed by atoms with van der Waals surface area (Å²) in [5.74, 6) is 2.53. The van der Waals surface area contributed by atoms with Crippen LogP contribution in [0.25, 0.3) is 5.65 Å². The van der Waals surface area contributed by atoms with Crippen molar-refractivity contribution in [1.29, 1.82) is 0 Å². The van der Waals surface area contributed by atoms with E-state index in [1.54, 1.807) is 12.3 Å². The molecule has 0 saturated heterocycles. The van der Waals surface area contributed by atoms with Crippen molar-refractivity contribution in [2.24, 2.45) is 0 Å². The van der Waals surface area contributed by atoms with E-state index in [0.717, 1.165) is 11.3 Å². The zero-order valence-corrected chi connectivity index (χ0v) is 7.84. The van der Waals surface area contributed by atoms with Crippen LogP contribution in [-0.4, -0.2) is 9.38 Å². The second kappa shape index (κ2) is 2.79. The third-order valence-electron chi connectivity index (χ3n) is 1.96. The van der Waals surface area contributed by atoms with E-state index >= 15 is 0 Å². The van der Waals surface area contributed by atoms with E-state index in [1.807, 2.05) is 17.4 Å². The first-order chi connectivity index (χ1) is 6.22. The third-order valence-corrected chi connectivity index (χ3v) is 2.18. The van der Waals surface area contributed by atoms with Crippen LogP contribution in [0, 0.1) is 19.3 Å². The predicted molar refractivity (Wildman–Crippen MR) is 52.9 cm³/mol. The number of rotatable bonds is 0. The van der Waals surface area contributed by atoms with Crippen LogP contribution in [0.3, 0.4) is 0 Å². The Bertz CT molecular complexity index is 505. The summed E-state index contributed by atoms with van der Waals surface area (Å²) in [4.78, 5) is 4.24. The molecule has 2 nitrogen and oxygen atoms in total. The summed E-state index contributed by atoms with van der Waals surface area (Å²) in [7, 11) is 0. The molecule has 0 N–H and O–H groups in total. The van der Waals surface area contributed by atoms with Crippen LogP contribution in [0.2, 0.25) is 5.02 Å². The minimum atomic E-state index is 0.669. The molecule has 3 heteroatoms. The van der Waals surface area contributed by atoms with Crippen molar-refractivity contribution >= 4 is 17.2 Å². The van der Waals surface area contributed by atoms with E-state index in [4.69, 9.17) is 18.0 Å². The van der Waals surface area contributed by atoms with Gasteiger partial charge in [0.25, 0.3) is 0 Å². The molecule has 0 unspecified atom stereocenters. The third kappa shape index (κ3) is 1.18. The van der Waals surface area contributed by atoms with E-state index in [1.165, 1.54) is 0 Å². The first kappa shape index (κ1) is 8.15. The molecule has 2 aromatic rings. The fraction of sp³-hybridized carbons (Fsp3) is 0.100. The van der Waals surface area contributed by atoms with Crippen molar-refractivity contribution in [3.63, 3.8) is 0 Å². The molecule has 13 heavy (non-hydrogen) atoms. The molecule has 2 heterocycles. The smallest absolute Gasteiger partial charge is 0.138 e. The van der Waals surface area contributed by atoms with Gasteiger partial charge < -0.3 is 4.40 Å². The van der Waals surface area contributed by atoms with Crippen LogP contribution in [0.4, 0.5) is 0 Å². The first-order valence-electron chi connectivity index (χ1n) is 3.83. The maximum Gasteiger partial charge on any atom is 0.138 e. The van der Waals surface area contributed by atoms with Gasteiger partial charge in [-0.1, -0.05) is 11.6 Å². The molecule has 0 bridgehead atoms. The van der Waals surface area contributed by atoms with Crippen LogP contribution in [0.15, 0.2) is 18.3 Å². The van der Waals surface area contributed by atoms with Gasteiger partial charge in [-0.05, 0) is 25.0 Å². The molecular weight excluding hydrogens is 184 g/mol. The minimum absolute atomic E-state index is 0.669. The Hall–Kier alpha value is -1.46. The molecule has 0 saturated carbocycles. The predicted octanol–water partition coefficient (Wildman–Crippen LogP) is 2.28. The average molecular weight is 191 g/mol. The molecular formula is C10H7ClN2. The number of terminal acetylenes is 1. The zero-order valence-electron chi connectivity index (χ0n) is 7.08. The maximum atomic E-state index is 5.84. The van der Waals surface area contributed by atoms with Gasteiger partial charge in [0, 0.05) is 6.20 Å². The highest BCUT2D eigenvalue weighted by Crippen LogP contribution is 2.14. The number of nitrogens with zero attached hydrogens (tertiary/aromatic N) is 2. The number of hydrogen-bond donors (Lipinski definition) is 0. The summed E-state index contributed by atoms with van der Waals surface area (Å²) in [6.07, 6.45) is 7.10. The summed E-state index contributed by atoms with van der Waals surface area (Å²) in [5.41, 5.74) is 2.44. The Morgan fingerprint density at radius 1 is 1.54 bits per heavy atom. The highest BCUT2D eigenvalue weighted by molar-refractivity contribution is 6.30. The summed E-state index contributed by atoms with van der Waals surface area (Å²) in [5, 5.41) is 0.677. The van der Waals surface area contributed by atoms with Crippen molar-refractivity contribution in [2.45, 2.75) is 6.92 Å². The van der Waals surface area contributed by atoms with Gasteiger partial charge in [0.15, 0.2) is 0 Å². The summed E-state index contributed by atoms with van der Waals surface area (Å²) < 4.78 is 1.89. The van der Waals surface area contributed by atoms with Crippen molar-refractivity contribution < 1.29 is 0 Å². The molecule has 0 aliphatic carbocycles. The number of imidazole rings is 1. The Balaban J connectivity index is 2.87. The second-order valence-corrected chi connectivity index (χ2v) is 3.20. The van der Waals surface area contributed by atoms with E-state index in [0.29, 0.717) is 10.7 Å². The molecule has 0 radical (unpaired) electrons. The Kier molecular flexibility index (Phi) is 1.75. The van der Waals surface area contributed by atoms with E-state index in [-0.39, 0.29) is 0 Å². The molecule has 0 atom stereocenters. The van der Waals surface area contributed by atoms with E-state index in [2.05, 4.69) is 10.9 Å². The number of aryl methyl sites for hydroxylation is 1. The molecule has 64 valence electrons. The number of aromatic nitrogens is 2. The lowest BCUT2D eigenvalue weighted by Crippen LogP contribution is -1.86. The van der Waals surface area contributed by atoms with Gasteiger partial charge in [0.1, 0.15) is 11.3 Å². The maximum absolute atomic E-state index is 5.84. The van der Waals surface area contributed by atoms with Crippen LogP contribution < -0.4 is 0 Å². The highest BCUT2D eigenvalue weighted by Gasteiger charge is 2.04. The normalized spacial score (nSPS) is 10.2. The van der Waals surface area contributed by atoms with Gasteiger partial charge in [-0.25, -0.2) is 4.98 Å². The SMILES string of the molecule is C#Cc1nc2ccc(Cl)cn2c1C. The quantitative estimate of drug-likeness (QED) is 0.583.